The zero-order chi connectivity index (χ0) is 13.1. The fourth-order valence-corrected chi connectivity index (χ4v) is 2.66. The van der Waals surface area contributed by atoms with Gasteiger partial charge in [0, 0.05) is 18.7 Å². The molecule has 1 aromatic rings. The summed E-state index contributed by atoms with van der Waals surface area (Å²) in [5.41, 5.74) is 6.77. The number of benzene rings is 1. The molecule has 0 amide bonds. The summed E-state index contributed by atoms with van der Waals surface area (Å²) in [6, 6.07) is 5.03. The maximum absolute atomic E-state index is 14.1. The van der Waals surface area contributed by atoms with E-state index in [0.29, 0.717) is 17.2 Å². The SMILES string of the molecule is CCC1CCCN(c2ccc(C(N)=S)cc2F)C1. The van der Waals surface area contributed by atoms with Crippen LogP contribution in [0.1, 0.15) is 31.7 Å². The van der Waals surface area contributed by atoms with Gasteiger partial charge in [-0.2, -0.15) is 0 Å². The number of hydrogen-bond acceptors (Lipinski definition) is 2. The standard InChI is InChI=1S/C14H19FN2S/c1-2-10-4-3-7-17(9-10)13-6-5-11(14(16)18)8-12(13)15/h5-6,8,10H,2-4,7,9H2,1H3,(H2,16,18). The molecule has 18 heavy (non-hydrogen) atoms. The molecule has 0 saturated carbocycles. The third-order valence-electron chi connectivity index (χ3n) is 3.67. The van der Waals surface area contributed by atoms with E-state index < -0.39 is 0 Å². The minimum absolute atomic E-state index is 0.225. The first-order chi connectivity index (χ1) is 8.61. The van der Waals surface area contributed by atoms with E-state index in [1.165, 1.54) is 12.5 Å². The van der Waals surface area contributed by atoms with Crippen molar-refractivity contribution >= 4 is 22.9 Å². The molecular formula is C14H19FN2S. The molecule has 1 saturated heterocycles. The molecule has 98 valence electrons. The van der Waals surface area contributed by atoms with Gasteiger partial charge >= 0.3 is 0 Å². The van der Waals surface area contributed by atoms with Gasteiger partial charge in [0.15, 0.2) is 0 Å². The van der Waals surface area contributed by atoms with Crippen LogP contribution >= 0.6 is 12.2 Å². The average molecular weight is 266 g/mol. The highest BCUT2D eigenvalue weighted by molar-refractivity contribution is 7.80. The first kappa shape index (κ1) is 13.3. The molecule has 2 N–H and O–H groups in total. The molecule has 1 aromatic carbocycles. The average Bonchev–Trinajstić information content (AvgIpc) is 2.38. The van der Waals surface area contributed by atoms with E-state index in [2.05, 4.69) is 11.8 Å². The van der Waals surface area contributed by atoms with Crippen LogP contribution in [0.2, 0.25) is 0 Å². The maximum atomic E-state index is 14.1. The van der Waals surface area contributed by atoms with Crippen molar-refractivity contribution in [3.63, 3.8) is 0 Å². The van der Waals surface area contributed by atoms with Gasteiger partial charge in [0.05, 0.1) is 5.69 Å². The Morgan fingerprint density at radius 1 is 1.56 bits per heavy atom. The van der Waals surface area contributed by atoms with Crippen LogP contribution in [0.4, 0.5) is 10.1 Å². The Morgan fingerprint density at radius 3 is 2.94 bits per heavy atom. The lowest BCUT2D eigenvalue weighted by atomic mass is 9.95. The second kappa shape index (κ2) is 5.65. The molecule has 1 aliphatic heterocycles. The van der Waals surface area contributed by atoms with Crippen LogP contribution in [0.3, 0.4) is 0 Å². The number of anilines is 1. The molecule has 1 fully saturated rings. The van der Waals surface area contributed by atoms with E-state index in [4.69, 9.17) is 18.0 Å². The summed E-state index contributed by atoms with van der Waals surface area (Å²) in [6.45, 7) is 4.07. The van der Waals surface area contributed by atoms with E-state index in [1.54, 1.807) is 12.1 Å². The highest BCUT2D eigenvalue weighted by atomic mass is 32.1. The highest BCUT2D eigenvalue weighted by Gasteiger charge is 2.21. The van der Waals surface area contributed by atoms with Crippen LogP contribution in [0.25, 0.3) is 0 Å². The van der Waals surface area contributed by atoms with Gasteiger partial charge in [-0.3, -0.25) is 0 Å². The van der Waals surface area contributed by atoms with E-state index in [-0.39, 0.29) is 10.8 Å². The summed E-state index contributed by atoms with van der Waals surface area (Å²) < 4.78 is 14.1. The van der Waals surface area contributed by atoms with Crippen molar-refractivity contribution in [1.82, 2.24) is 0 Å². The first-order valence-electron chi connectivity index (χ1n) is 6.46. The Bertz CT molecular complexity index is 447. The van der Waals surface area contributed by atoms with Gasteiger partial charge in [-0.05, 0) is 37.0 Å². The minimum Gasteiger partial charge on any atom is -0.389 e. The minimum atomic E-state index is -0.225. The summed E-state index contributed by atoms with van der Waals surface area (Å²) >= 11 is 4.86. The predicted octanol–water partition coefficient (Wildman–Crippen LogP) is 3.09. The molecule has 1 aliphatic rings. The number of nitrogens with two attached hydrogens (primary N) is 1. The number of hydrogen-bond donors (Lipinski definition) is 1. The monoisotopic (exact) mass is 266 g/mol. The maximum Gasteiger partial charge on any atom is 0.147 e. The molecule has 1 heterocycles. The fourth-order valence-electron chi connectivity index (χ4n) is 2.53. The van der Waals surface area contributed by atoms with E-state index in [0.717, 1.165) is 25.9 Å². The van der Waals surface area contributed by atoms with Gasteiger partial charge in [-0.15, -0.1) is 0 Å². The van der Waals surface area contributed by atoms with Crippen LogP contribution in [0.15, 0.2) is 18.2 Å². The Balaban J connectivity index is 2.20. The molecular weight excluding hydrogens is 247 g/mol. The zero-order valence-electron chi connectivity index (χ0n) is 10.7. The smallest absolute Gasteiger partial charge is 0.147 e. The summed E-state index contributed by atoms with van der Waals surface area (Å²) in [5.74, 6) is 0.450. The van der Waals surface area contributed by atoms with Crippen molar-refractivity contribution in [3.8, 4) is 0 Å². The van der Waals surface area contributed by atoms with Crippen molar-refractivity contribution < 1.29 is 4.39 Å². The van der Waals surface area contributed by atoms with E-state index >= 15 is 0 Å². The normalized spacial score (nSPS) is 19.9. The molecule has 1 unspecified atom stereocenters. The lowest BCUT2D eigenvalue weighted by molar-refractivity contribution is 0.401. The molecule has 0 radical (unpaired) electrons. The second-order valence-corrected chi connectivity index (χ2v) is 5.33. The second-order valence-electron chi connectivity index (χ2n) is 4.89. The topological polar surface area (TPSA) is 29.3 Å². The first-order valence-corrected chi connectivity index (χ1v) is 6.87. The molecule has 2 nitrogen and oxygen atoms in total. The molecule has 0 bridgehead atoms. The Morgan fingerprint density at radius 2 is 2.33 bits per heavy atom. The van der Waals surface area contributed by atoms with Crippen molar-refractivity contribution in [2.75, 3.05) is 18.0 Å². The third-order valence-corrected chi connectivity index (χ3v) is 3.90. The molecule has 2 rings (SSSR count). The van der Waals surface area contributed by atoms with E-state index in [1.807, 2.05) is 0 Å². The lowest BCUT2D eigenvalue weighted by Gasteiger charge is -2.34. The molecule has 4 heteroatoms. The molecule has 0 spiro atoms. The summed E-state index contributed by atoms with van der Waals surface area (Å²) in [5, 5.41) is 0. The number of halogens is 1. The van der Waals surface area contributed by atoms with Crippen molar-refractivity contribution in [2.45, 2.75) is 26.2 Å². The number of thiocarbonyl (C=S) groups is 1. The largest absolute Gasteiger partial charge is 0.389 e. The predicted molar refractivity (Wildman–Crippen MR) is 77.5 cm³/mol. The van der Waals surface area contributed by atoms with Crippen LogP contribution in [0, 0.1) is 11.7 Å². The van der Waals surface area contributed by atoms with Gasteiger partial charge < -0.3 is 10.6 Å². The number of rotatable bonds is 3. The quantitative estimate of drug-likeness (QED) is 0.853. The fraction of sp³-hybridized carbons (Fsp3) is 0.500. The lowest BCUT2D eigenvalue weighted by Crippen LogP contribution is -2.35. The summed E-state index contributed by atoms with van der Waals surface area (Å²) in [4.78, 5) is 2.38. The van der Waals surface area contributed by atoms with Gasteiger partial charge in [0.25, 0.3) is 0 Å². The number of piperidine rings is 1. The van der Waals surface area contributed by atoms with Gasteiger partial charge in [0.1, 0.15) is 10.8 Å². The number of nitrogens with zero attached hydrogens (tertiary/aromatic N) is 1. The molecule has 0 aromatic heterocycles. The van der Waals surface area contributed by atoms with Crippen molar-refractivity contribution in [1.29, 1.82) is 0 Å². The van der Waals surface area contributed by atoms with Crippen LogP contribution in [-0.4, -0.2) is 18.1 Å². The van der Waals surface area contributed by atoms with Crippen molar-refractivity contribution in [2.24, 2.45) is 11.7 Å². The van der Waals surface area contributed by atoms with Crippen molar-refractivity contribution in [3.05, 3.63) is 29.6 Å². The Hall–Kier alpha value is -1.16. The zero-order valence-corrected chi connectivity index (χ0v) is 11.5. The summed E-state index contributed by atoms with van der Waals surface area (Å²) in [7, 11) is 0. The molecule has 1 atom stereocenters. The Labute approximate surface area is 113 Å². The highest BCUT2D eigenvalue weighted by Crippen LogP contribution is 2.27. The van der Waals surface area contributed by atoms with Gasteiger partial charge in [-0.1, -0.05) is 25.6 Å². The molecule has 0 aliphatic carbocycles. The van der Waals surface area contributed by atoms with Crippen LogP contribution in [0.5, 0.6) is 0 Å². The van der Waals surface area contributed by atoms with Crippen LogP contribution < -0.4 is 10.6 Å². The van der Waals surface area contributed by atoms with Crippen LogP contribution in [-0.2, 0) is 0 Å². The summed E-state index contributed by atoms with van der Waals surface area (Å²) in [6.07, 6.45) is 3.54. The van der Waals surface area contributed by atoms with Gasteiger partial charge in [0.2, 0.25) is 0 Å². The van der Waals surface area contributed by atoms with E-state index in [9.17, 15) is 4.39 Å². The van der Waals surface area contributed by atoms with Gasteiger partial charge in [-0.25, -0.2) is 4.39 Å². The third kappa shape index (κ3) is 2.80. The Kier molecular flexibility index (Phi) is 4.17.